The van der Waals surface area contributed by atoms with Crippen LogP contribution in [0.25, 0.3) is 10.8 Å². The lowest BCUT2D eigenvalue weighted by Gasteiger charge is -2.30. The molecule has 2 fully saturated rings. The zero-order valence-electron chi connectivity index (χ0n) is 81.6. The average molecular weight is 2030 g/mol. The topological polar surface area (TPSA) is 780 Å². The van der Waals surface area contributed by atoms with Gasteiger partial charge in [0.15, 0.2) is 64.5 Å². The van der Waals surface area contributed by atoms with Crippen LogP contribution in [0.2, 0.25) is 0 Å². The second-order valence-corrected chi connectivity index (χ2v) is 39.4. The SMILES string of the molecule is CCCCC[C@H]1CC(=O)[C@H](CCCCN)NC(=O)[C@H](CCCNC(=N)N)CC(=O)[C@H](Cc2ccc(O)cc2)NC(=O)[C@@H](CC(=O)[C@H](Cc2ccc3ccccc3c2)NC(=O)[C@H](CCCNC(=N)N)CC(=O)[C@@H](N)CCCNC(=N)N)CSSC[C@@H](C(=O)C[C@@H](CCCNC(=N)N)C(=O)O)NC(=O)[C@H](CCCNC(N)=O)CC(=O)[C@H](CCCNC(=N)N)NC(=O)[C@H](Cc2ccc(O)cc2)CC(=O)[C@H]2CCCN2C1=O. The zero-order valence-corrected chi connectivity index (χ0v) is 83.2. The van der Waals surface area contributed by atoms with E-state index in [9.17, 15) is 29.7 Å². The van der Waals surface area contributed by atoms with Crippen molar-refractivity contribution >= 4 is 150 Å². The highest BCUT2D eigenvalue weighted by Gasteiger charge is 2.43. The van der Waals surface area contributed by atoms with Gasteiger partial charge in [0.1, 0.15) is 17.3 Å². The number of carboxylic acid groups (broad SMARTS) is 1. The summed E-state index contributed by atoms with van der Waals surface area (Å²) in [6.45, 7) is 2.37. The maximum absolute atomic E-state index is 16.2. The van der Waals surface area contributed by atoms with Crippen molar-refractivity contribution in [2.45, 2.75) is 248 Å². The molecule has 45 heteroatoms. The Balaban J connectivity index is 1.61. The Morgan fingerprint density at radius 3 is 1.48 bits per heavy atom. The van der Waals surface area contributed by atoms with E-state index in [0.717, 1.165) is 32.4 Å². The van der Waals surface area contributed by atoms with E-state index in [4.69, 9.17) is 72.9 Å². The molecule has 2 saturated heterocycles. The number of unbranched alkanes of at least 4 members (excludes halogenated alkanes) is 3. The number of aliphatic carboxylic acids is 1. The van der Waals surface area contributed by atoms with Crippen LogP contribution in [-0.4, -0.2) is 244 Å². The van der Waals surface area contributed by atoms with Crippen molar-refractivity contribution in [1.29, 1.82) is 27.0 Å². The first kappa shape index (κ1) is 119. The summed E-state index contributed by atoms with van der Waals surface area (Å²) in [7, 11) is 1.75. The molecular formula is C98H149N25O18S2. The number of carbonyl (C=O) groups excluding carboxylic acids is 14. The van der Waals surface area contributed by atoms with Crippen molar-refractivity contribution < 1.29 is 87.2 Å². The lowest BCUT2D eigenvalue weighted by atomic mass is 9.87. The molecule has 4 aromatic rings. The molecule has 0 saturated carbocycles. The summed E-state index contributed by atoms with van der Waals surface area (Å²) in [5, 5.41) is 102. The highest BCUT2D eigenvalue weighted by Crippen LogP contribution is 2.33. The minimum absolute atomic E-state index is 0.00993. The van der Waals surface area contributed by atoms with Crippen LogP contribution in [0.1, 0.15) is 203 Å². The molecule has 43 nitrogen and oxygen atoms in total. The van der Waals surface area contributed by atoms with E-state index in [1.807, 2.05) is 25.1 Å². The summed E-state index contributed by atoms with van der Waals surface area (Å²) in [5.41, 5.74) is 47.5. The quantitative estimate of drug-likeness (QED) is 0.0131. The first-order valence-electron chi connectivity index (χ1n) is 49.1. The van der Waals surface area contributed by atoms with Crippen LogP contribution in [0, 0.1) is 68.5 Å². The number of nitrogens with one attached hydrogen (secondary N) is 16. The molecule has 0 aliphatic carbocycles. The number of rotatable bonds is 50. The second-order valence-electron chi connectivity index (χ2n) is 36.8. The fraction of sp³-hybridized carbons (Fsp3) is 0.571. The number of Topliss-reactive ketones (excluding diaryl/α,β-unsaturated/α-hetero) is 7. The number of phenols is 2. The number of hydrogen-bond donors (Lipinski definition) is 27. The number of benzene rings is 4. The maximum atomic E-state index is 16.2. The fourth-order valence-electron chi connectivity index (χ4n) is 17.4. The largest absolute Gasteiger partial charge is 0.508 e. The number of carbonyl (C=O) groups is 15. The number of hydrogen-bond acceptors (Lipinski definition) is 26. The van der Waals surface area contributed by atoms with Crippen molar-refractivity contribution in [1.82, 2.24) is 63.4 Å². The number of aromatic hydroxyl groups is 2. The molecule has 143 heavy (non-hydrogen) atoms. The van der Waals surface area contributed by atoms with Crippen molar-refractivity contribution in [3.63, 3.8) is 0 Å². The Morgan fingerprint density at radius 1 is 0.469 bits per heavy atom. The van der Waals surface area contributed by atoms with E-state index in [1.54, 1.807) is 24.3 Å². The molecule has 0 radical (unpaired) electrons. The van der Waals surface area contributed by atoms with Crippen molar-refractivity contribution in [2.75, 3.05) is 63.9 Å². The van der Waals surface area contributed by atoms with Crippen molar-refractivity contribution in [2.24, 2.45) is 87.3 Å². The molecule has 4 aromatic carbocycles. The van der Waals surface area contributed by atoms with E-state index < -0.39 is 246 Å². The highest BCUT2D eigenvalue weighted by atomic mass is 33.1. The van der Waals surface area contributed by atoms with Gasteiger partial charge in [0.05, 0.1) is 54.1 Å². The summed E-state index contributed by atoms with van der Waals surface area (Å²) in [6.07, 6.45) is -1.73. The Labute approximate surface area is 841 Å². The lowest BCUT2D eigenvalue weighted by molar-refractivity contribution is -0.144. The van der Waals surface area contributed by atoms with Crippen LogP contribution in [0.5, 0.6) is 11.5 Å². The number of urea groups is 1. The van der Waals surface area contributed by atoms with Gasteiger partial charge in [-0.15, -0.1) is 0 Å². The van der Waals surface area contributed by atoms with Gasteiger partial charge in [-0.1, -0.05) is 115 Å². The third-order valence-electron chi connectivity index (χ3n) is 25.4. The Bertz CT molecular complexity index is 4960. The predicted molar refractivity (Wildman–Crippen MR) is 548 cm³/mol. The average Bonchev–Trinajstić information content (AvgIpc) is 1.69. The second kappa shape index (κ2) is 63.8. The summed E-state index contributed by atoms with van der Waals surface area (Å²) < 4.78 is 0. The summed E-state index contributed by atoms with van der Waals surface area (Å²) in [4.78, 5) is 228. The summed E-state index contributed by atoms with van der Waals surface area (Å²) in [5.74, 6) is -23.5. The number of nitrogens with zero attached hydrogens (tertiary/aromatic N) is 1. The van der Waals surface area contributed by atoms with E-state index in [-0.39, 0.29) is 185 Å². The molecule has 8 amide bonds. The minimum Gasteiger partial charge on any atom is -0.508 e. The van der Waals surface area contributed by atoms with Crippen LogP contribution >= 0.6 is 21.6 Å². The number of carboxylic acids is 1. The summed E-state index contributed by atoms with van der Waals surface area (Å²) >= 11 is 0. The van der Waals surface area contributed by atoms with E-state index in [0.29, 0.717) is 61.6 Å². The van der Waals surface area contributed by atoms with Gasteiger partial charge >= 0.3 is 12.0 Å². The zero-order chi connectivity index (χ0) is 105. The van der Waals surface area contributed by atoms with Crippen LogP contribution < -0.4 is 104 Å². The third kappa shape index (κ3) is 44.6. The fourth-order valence-corrected chi connectivity index (χ4v) is 20.0. The monoisotopic (exact) mass is 2030 g/mol. The first-order chi connectivity index (χ1) is 68.2. The van der Waals surface area contributed by atoms with E-state index >= 15 is 57.5 Å². The molecule has 2 aliphatic rings. The number of phenolic OH excluding ortho intramolecular Hbond substituents is 2. The lowest BCUT2D eigenvalue weighted by Crippen LogP contribution is -2.50. The molecule has 0 unspecified atom stereocenters. The molecule has 0 spiro atoms. The maximum Gasteiger partial charge on any atom is 0.312 e. The number of ketones is 7. The predicted octanol–water partition coefficient (Wildman–Crippen LogP) is 3.00. The molecule has 0 aromatic heterocycles. The number of fused-ring (bicyclic) bond motifs is 2. The molecule has 0 bridgehead atoms. The van der Waals surface area contributed by atoms with Gasteiger partial charge < -0.3 is 125 Å². The Kier molecular flexibility index (Phi) is 52.9. The molecule has 2 heterocycles. The summed E-state index contributed by atoms with van der Waals surface area (Å²) in [6, 6.07) is 13.4. The van der Waals surface area contributed by atoms with Gasteiger partial charge in [-0.3, -0.25) is 94.2 Å². The molecule has 14 atom stereocenters. The third-order valence-corrected chi connectivity index (χ3v) is 27.9. The number of nitrogens with two attached hydrogens (primary N) is 8. The number of guanidine groups is 5. The highest BCUT2D eigenvalue weighted by molar-refractivity contribution is 8.76. The normalized spacial score (nSPS) is 20.5. The van der Waals surface area contributed by atoms with Crippen LogP contribution in [0.15, 0.2) is 91.0 Å². The molecule has 786 valence electrons. The smallest absolute Gasteiger partial charge is 0.312 e. The van der Waals surface area contributed by atoms with Gasteiger partial charge in [0.25, 0.3) is 0 Å². The molecule has 2 aliphatic heterocycles. The standard InChI is InChI=1S/C98H149N25O18S2/c1-2-3-4-18-66-52-81(128)73(24-7-8-37-99)118-86(133)65(20-10-39-113-94(103)104)51-82(129)75(47-59-30-35-71(125)36-31-59)121-90(137)69(55-83(130)76(48-60-27-32-61-16-5-6-17-62(61)46-60)120-87(134)63(19-9-38-112-93(101)102)49-79(126)72(100)23-13-41-115-96(107)108)56-142-143-57-77(84(131)53-67(92(139)140)22-12-40-114-95(105)106)122-88(135)64(21-11-43-117-98(111)141)50-80(127)74(25-14-42-116-97(109)110)119-89(136)68(45-58-28-33-70(124)34-29-58)54-85(132)78-26-15-44-123(78)91(66)138/h5-6,16-17,27-36,46,63-69,72-78,124-125H,2-4,7-15,18-26,37-45,47-57,99-100H2,1H3,(H,118,133)(H,119,136)(H,120,134)(H,121,137)(H,122,135)(H,139,140)(H4,101,102,112)(H4,103,104,113)(H4,105,106,114)(H4,107,108,115)(H4,109,110,116)(H3,111,117,141)/t63-,64-,65-,66+,67-,68-,69+,72+,73+,74+,75+,76+,77+,78-/m1/s1. The molecule has 6 rings (SSSR count). The van der Waals surface area contributed by atoms with Gasteiger partial charge in [-0.05, 0) is 193 Å². The van der Waals surface area contributed by atoms with Gasteiger partial charge in [-0.2, -0.15) is 0 Å². The van der Waals surface area contributed by atoms with Gasteiger partial charge in [0.2, 0.25) is 35.4 Å². The van der Waals surface area contributed by atoms with Crippen molar-refractivity contribution in [3.8, 4) is 11.5 Å². The van der Waals surface area contributed by atoms with Crippen LogP contribution in [-0.2, 0) is 86.4 Å². The van der Waals surface area contributed by atoms with Crippen molar-refractivity contribution in [3.05, 3.63) is 108 Å². The minimum atomic E-state index is -1.67. The number of primary amides is 1. The van der Waals surface area contributed by atoms with Crippen LogP contribution in [0.3, 0.4) is 0 Å². The van der Waals surface area contributed by atoms with E-state index in [1.165, 1.54) is 53.4 Å². The molecule has 35 N–H and O–H groups in total. The van der Waals surface area contributed by atoms with Gasteiger partial charge in [0, 0.05) is 132 Å². The van der Waals surface area contributed by atoms with E-state index in [2.05, 4.69) is 58.5 Å². The Hall–Kier alpha value is -13.0. The Morgan fingerprint density at radius 2 is 0.923 bits per heavy atom. The first-order valence-corrected chi connectivity index (χ1v) is 51.6. The van der Waals surface area contributed by atoms with Gasteiger partial charge in [-0.25, -0.2) is 4.79 Å². The van der Waals surface area contributed by atoms with Crippen LogP contribution in [0.4, 0.5) is 4.79 Å². The molecular weight excluding hydrogens is 1880 g/mol. The number of amides is 8.